The highest BCUT2D eigenvalue weighted by molar-refractivity contribution is 9.10. The molecule has 1 heterocycles. The van der Waals surface area contributed by atoms with Crippen LogP contribution < -0.4 is 14.2 Å². The smallest absolute Gasteiger partial charge is 0.255 e. The summed E-state index contributed by atoms with van der Waals surface area (Å²) in [7, 11) is 4.82. The zero-order chi connectivity index (χ0) is 21.0. The van der Waals surface area contributed by atoms with Gasteiger partial charge in [0.1, 0.15) is 0 Å². The lowest BCUT2D eigenvalue weighted by Crippen LogP contribution is -2.48. The summed E-state index contributed by atoms with van der Waals surface area (Å²) in [5, 5.41) is 0.468. The molecule has 6 nitrogen and oxygen atoms in total. The normalized spacial score (nSPS) is 14.6. The van der Waals surface area contributed by atoms with Crippen molar-refractivity contribution in [2.75, 3.05) is 47.5 Å². The van der Waals surface area contributed by atoms with Crippen molar-refractivity contribution in [1.29, 1.82) is 0 Å². The third-order valence-corrected chi connectivity index (χ3v) is 5.82. The molecule has 1 aliphatic heterocycles. The molecule has 0 aliphatic carbocycles. The highest BCUT2D eigenvalue weighted by Gasteiger charge is 2.25. The van der Waals surface area contributed by atoms with E-state index in [1.165, 1.54) is 0 Å². The van der Waals surface area contributed by atoms with Crippen LogP contribution in [0, 0.1) is 0 Å². The molecule has 0 atom stereocenters. The molecular weight excluding hydrogens is 460 g/mol. The average Bonchev–Trinajstić information content (AvgIpc) is 2.75. The molecule has 0 unspecified atom stereocenters. The van der Waals surface area contributed by atoms with E-state index in [-0.39, 0.29) is 5.91 Å². The van der Waals surface area contributed by atoms with Gasteiger partial charge in [0.2, 0.25) is 5.75 Å². The van der Waals surface area contributed by atoms with Gasteiger partial charge in [0.15, 0.2) is 11.5 Å². The highest BCUT2D eigenvalue weighted by atomic mass is 79.9. The van der Waals surface area contributed by atoms with Crippen LogP contribution in [0.3, 0.4) is 0 Å². The van der Waals surface area contributed by atoms with Gasteiger partial charge in [-0.3, -0.25) is 9.69 Å². The molecule has 1 saturated heterocycles. The van der Waals surface area contributed by atoms with Crippen LogP contribution >= 0.6 is 27.5 Å². The van der Waals surface area contributed by atoms with Crippen LogP contribution in [0.25, 0.3) is 0 Å². The van der Waals surface area contributed by atoms with Gasteiger partial charge < -0.3 is 19.1 Å². The minimum atomic E-state index is -0.0420. The van der Waals surface area contributed by atoms with Crippen LogP contribution in [-0.2, 0) is 6.54 Å². The predicted octanol–water partition coefficient (Wildman–Crippen LogP) is 4.09. The summed E-state index contributed by atoms with van der Waals surface area (Å²) >= 11 is 9.62. The Morgan fingerprint density at radius 3 is 2.31 bits per heavy atom. The SMILES string of the molecule is COc1ccc(CN2CCN(C(=O)c3cc(Br)ccc3Cl)CC2)c(OC)c1OC. The summed E-state index contributed by atoms with van der Waals surface area (Å²) in [6, 6.07) is 9.20. The second-order valence-electron chi connectivity index (χ2n) is 6.69. The van der Waals surface area contributed by atoms with Gasteiger partial charge >= 0.3 is 0 Å². The molecule has 0 radical (unpaired) electrons. The van der Waals surface area contributed by atoms with Crippen LogP contribution in [0.15, 0.2) is 34.8 Å². The van der Waals surface area contributed by atoms with Gasteiger partial charge in [-0.05, 0) is 24.3 Å². The van der Waals surface area contributed by atoms with Crippen molar-refractivity contribution in [2.24, 2.45) is 0 Å². The number of benzene rings is 2. The number of rotatable bonds is 6. The molecule has 1 amide bonds. The van der Waals surface area contributed by atoms with E-state index in [9.17, 15) is 4.79 Å². The molecule has 156 valence electrons. The van der Waals surface area contributed by atoms with E-state index < -0.39 is 0 Å². The second-order valence-corrected chi connectivity index (χ2v) is 8.01. The van der Waals surface area contributed by atoms with Crippen LogP contribution in [0.2, 0.25) is 5.02 Å². The van der Waals surface area contributed by atoms with E-state index >= 15 is 0 Å². The van der Waals surface area contributed by atoms with Gasteiger partial charge in [0.25, 0.3) is 5.91 Å². The minimum Gasteiger partial charge on any atom is -0.493 e. The molecule has 2 aromatic carbocycles. The van der Waals surface area contributed by atoms with Gasteiger partial charge in [-0.1, -0.05) is 33.6 Å². The Labute approximate surface area is 184 Å². The van der Waals surface area contributed by atoms with Crippen molar-refractivity contribution < 1.29 is 19.0 Å². The first kappa shape index (κ1) is 21.7. The fourth-order valence-electron chi connectivity index (χ4n) is 3.47. The Balaban J connectivity index is 1.67. The first-order chi connectivity index (χ1) is 14.0. The van der Waals surface area contributed by atoms with Gasteiger partial charge in [-0.25, -0.2) is 0 Å². The maximum atomic E-state index is 12.8. The fraction of sp³-hybridized carbons (Fsp3) is 0.381. The van der Waals surface area contributed by atoms with E-state index in [1.807, 2.05) is 23.1 Å². The van der Waals surface area contributed by atoms with Gasteiger partial charge in [-0.15, -0.1) is 0 Å². The number of nitrogens with zero attached hydrogens (tertiary/aromatic N) is 2. The molecule has 0 aromatic heterocycles. The zero-order valence-electron chi connectivity index (χ0n) is 16.7. The second kappa shape index (κ2) is 9.69. The number of ether oxygens (including phenoxy) is 3. The van der Waals surface area contributed by atoms with Crippen molar-refractivity contribution in [2.45, 2.75) is 6.54 Å². The Morgan fingerprint density at radius 2 is 1.69 bits per heavy atom. The lowest BCUT2D eigenvalue weighted by atomic mass is 10.1. The van der Waals surface area contributed by atoms with E-state index in [0.717, 1.165) is 23.1 Å². The standard InChI is InChI=1S/C21H24BrClN2O4/c1-27-18-7-4-14(19(28-2)20(18)29-3)13-24-8-10-25(11-9-24)21(26)16-12-15(22)5-6-17(16)23/h4-7,12H,8-11,13H2,1-3H3. The number of piperazine rings is 1. The van der Waals surface area contributed by atoms with Crippen LogP contribution in [0.5, 0.6) is 17.2 Å². The highest BCUT2D eigenvalue weighted by Crippen LogP contribution is 2.40. The third-order valence-electron chi connectivity index (χ3n) is 5.00. The van der Waals surface area contributed by atoms with E-state index in [4.69, 9.17) is 25.8 Å². The molecule has 3 rings (SSSR count). The van der Waals surface area contributed by atoms with E-state index in [0.29, 0.717) is 47.5 Å². The van der Waals surface area contributed by atoms with Crippen molar-refractivity contribution in [3.05, 3.63) is 51.0 Å². The monoisotopic (exact) mass is 482 g/mol. The van der Waals surface area contributed by atoms with Crippen LogP contribution in [0.4, 0.5) is 0 Å². The summed E-state index contributed by atoms with van der Waals surface area (Å²) in [4.78, 5) is 17.0. The number of hydrogen-bond acceptors (Lipinski definition) is 5. The quantitative estimate of drug-likeness (QED) is 0.619. The molecule has 0 spiro atoms. The molecule has 2 aromatic rings. The third kappa shape index (κ3) is 4.79. The molecule has 29 heavy (non-hydrogen) atoms. The Hall–Kier alpha value is -1.96. The van der Waals surface area contributed by atoms with E-state index in [1.54, 1.807) is 33.5 Å². The molecule has 1 aliphatic rings. The number of methoxy groups -OCH3 is 3. The van der Waals surface area contributed by atoms with Gasteiger partial charge in [-0.2, -0.15) is 0 Å². The Bertz CT molecular complexity index is 885. The summed E-state index contributed by atoms with van der Waals surface area (Å²) in [6.07, 6.45) is 0. The first-order valence-electron chi connectivity index (χ1n) is 9.23. The molecule has 0 saturated carbocycles. The topological polar surface area (TPSA) is 51.2 Å². The van der Waals surface area contributed by atoms with E-state index in [2.05, 4.69) is 20.8 Å². The van der Waals surface area contributed by atoms with Crippen molar-refractivity contribution in [1.82, 2.24) is 9.80 Å². The van der Waals surface area contributed by atoms with Crippen molar-refractivity contribution >= 4 is 33.4 Å². The summed E-state index contributed by atoms with van der Waals surface area (Å²) in [5.74, 6) is 1.85. The van der Waals surface area contributed by atoms with Crippen LogP contribution in [0.1, 0.15) is 15.9 Å². The lowest BCUT2D eigenvalue weighted by Gasteiger charge is -2.35. The summed E-state index contributed by atoms with van der Waals surface area (Å²) in [5.41, 5.74) is 1.54. The fourth-order valence-corrected chi connectivity index (χ4v) is 4.03. The zero-order valence-corrected chi connectivity index (χ0v) is 19.0. The Kier molecular flexibility index (Phi) is 7.27. The Morgan fingerprint density at radius 1 is 1.00 bits per heavy atom. The van der Waals surface area contributed by atoms with Crippen LogP contribution in [-0.4, -0.2) is 63.2 Å². The number of hydrogen-bond donors (Lipinski definition) is 0. The number of halogens is 2. The lowest BCUT2D eigenvalue weighted by molar-refractivity contribution is 0.0627. The predicted molar refractivity (Wildman–Crippen MR) is 116 cm³/mol. The summed E-state index contributed by atoms with van der Waals surface area (Å²) < 4.78 is 17.2. The number of carbonyl (C=O) groups excluding carboxylic acids is 1. The van der Waals surface area contributed by atoms with Gasteiger partial charge in [0.05, 0.1) is 31.9 Å². The molecule has 0 N–H and O–H groups in total. The molecular formula is C21H24BrClN2O4. The average molecular weight is 484 g/mol. The first-order valence-corrected chi connectivity index (χ1v) is 10.4. The number of carbonyl (C=O) groups is 1. The van der Waals surface area contributed by atoms with Crippen molar-refractivity contribution in [3.63, 3.8) is 0 Å². The maximum Gasteiger partial charge on any atom is 0.255 e. The number of amides is 1. The van der Waals surface area contributed by atoms with Gasteiger partial charge in [0, 0.05) is 42.8 Å². The molecule has 1 fully saturated rings. The minimum absolute atomic E-state index is 0.0420. The maximum absolute atomic E-state index is 12.8. The van der Waals surface area contributed by atoms with Crippen molar-refractivity contribution in [3.8, 4) is 17.2 Å². The molecule has 8 heteroatoms. The summed E-state index contributed by atoms with van der Waals surface area (Å²) in [6.45, 7) is 3.49. The molecule has 0 bridgehead atoms. The largest absolute Gasteiger partial charge is 0.493 e.